The van der Waals surface area contributed by atoms with Crippen LogP contribution < -0.4 is 14.9 Å². The summed E-state index contributed by atoms with van der Waals surface area (Å²) in [5.74, 6) is 0.456. The van der Waals surface area contributed by atoms with Crippen molar-refractivity contribution in [1.29, 1.82) is 0 Å². The predicted octanol–water partition coefficient (Wildman–Crippen LogP) is 2.07. The Bertz CT molecular complexity index is 877. The van der Waals surface area contributed by atoms with Gasteiger partial charge in [-0.15, -0.1) is 0 Å². The molecule has 0 spiro atoms. The Morgan fingerprint density at radius 3 is 2.12 bits per heavy atom. The Hall–Kier alpha value is -2.33. The molecule has 2 aromatic rings. The van der Waals surface area contributed by atoms with Crippen molar-refractivity contribution < 1.29 is 21.6 Å². The molecule has 1 aromatic heterocycles. The highest BCUT2D eigenvalue weighted by Gasteiger charge is 2.31. The number of sulfonamides is 1. The van der Waals surface area contributed by atoms with Gasteiger partial charge in [0.15, 0.2) is 0 Å². The second-order valence-electron chi connectivity index (χ2n) is 5.89. The van der Waals surface area contributed by atoms with E-state index in [0.717, 1.165) is 12.3 Å². The lowest BCUT2D eigenvalue weighted by Gasteiger charge is -2.37. The third kappa shape index (κ3) is 3.91. The molecule has 2 heterocycles. The first-order valence-electron chi connectivity index (χ1n) is 7.81. The normalized spacial score (nSPS) is 16.0. The molecule has 2 N–H and O–H groups in total. The van der Waals surface area contributed by atoms with Crippen LogP contribution in [0.25, 0.3) is 0 Å². The fourth-order valence-corrected chi connectivity index (χ4v) is 3.63. The summed E-state index contributed by atoms with van der Waals surface area (Å²) in [6.07, 6.45) is -3.60. The zero-order valence-electron chi connectivity index (χ0n) is 13.6. The summed E-state index contributed by atoms with van der Waals surface area (Å²) in [6, 6.07) is 8.82. The van der Waals surface area contributed by atoms with Gasteiger partial charge in [0.2, 0.25) is 10.0 Å². The van der Waals surface area contributed by atoms with E-state index < -0.39 is 21.8 Å². The smallest absolute Gasteiger partial charge is 0.367 e. The van der Waals surface area contributed by atoms with Crippen LogP contribution in [0, 0.1) is 0 Å². The number of nitrogens with zero attached hydrogens (tertiary/aromatic N) is 3. The van der Waals surface area contributed by atoms with E-state index in [1.807, 2.05) is 9.80 Å². The van der Waals surface area contributed by atoms with Gasteiger partial charge in [-0.05, 0) is 24.3 Å². The van der Waals surface area contributed by atoms with Gasteiger partial charge in [0, 0.05) is 32.4 Å². The molecular formula is C16H17F3N4O2S. The molecule has 1 fully saturated rings. The van der Waals surface area contributed by atoms with Crippen molar-refractivity contribution in [3.8, 4) is 0 Å². The number of alkyl halides is 3. The number of rotatable bonds is 3. The summed E-state index contributed by atoms with van der Waals surface area (Å²) in [5.41, 5.74) is -0.267. The van der Waals surface area contributed by atoms with Crippen molar-refractivity contribution in [1.82, 2.24) is 4.98 Å². The Kier molecular flexibility index (Phi) is 4.80. The van der Waals surface area contributed by atoms with Crippen LogP contribution in [0.5, 0.6) is 0 Å². The van der Waals surface area contributed by atoms with Crippen LogP contribution in [0.2, 0.25) is 0 Å². The predicted molar refractivity (Wildman–Crippen MR) is 91.5 cm³/mol. The number of halogens is 3. The molecule has 10 heteroatoms. The Morgan fingerprint density at radius 2 is 1.58 bits per heavy atom. The molecule has 0 amide bonds. The van der Waals surface area contributed by atoms with Gasteiger partial charge in [-0.2, -0.15) is 13.2 Å². The average molecular weight is 386 g/mol. The monoisotopic (exact) mass is 386 g/mol. The number of piperazine rings is 1. The molecule has 0 unspecified atom stereocenters. The average Bonchev–Trinajstić information content (AvgIpc) is 2.61. The minimum Gasteiger partial charge on any atom is -0.367 e. The Balaban J connectivity index is 1.72. The van der Waals surface area contributed by atoms with E-state index in [2.05, 4.69) is 4.98 Å². The number of aromatic nitrogens is 1. The molecule has 0 bridgehead atoms. The first-order valence-corrected chi connectivity index (χ1v) is 9.36. The molecule has 0 atom stereocenters. The zero-order chi connectivity index (χ0) is 18.9. The van der Waals surface area contributed by atoms with Crippen LogP contribution in [0.4, 0.5) is 24.7 Å². The molecule has 1 aliphatic rings. The van der Waals surface area contributed by atoms with Gasteiger partial charge in [-0.1, -0.05) is 12.1 Å². The SMILES string of the molecule is NS(=O)(=O)c1ccccc1N1CCN(c2ccc(C(F)(F)F)cn2)CC1. The molecule has 1 saturated heterocycles. The molecule has 0 saturated carbocycles. The van der Waals surface area contributed by atoms with E-state index in [0.29, 0.717) is 37.7 Å². The number of primary sulfonamides is 1. The van der Waals surface area contributed by atoms with E-state index in [4.69, 9.17) is 5.14 Å². The number of para-hydroxylation sites is 1. The third-order valence-corrected chi connectivity index (χ3v) is 5.15. The first-order chi connectivity index (χ1) is 12.2. The van der Waals surface area contributed by atoms with Gasteiger partial charge in [-0.25, -0.2) is 18.5 Å². The second kappa shape index (κ2) is 6.76. The molecule has 140 valence electrons. The molecule has 0 radical (unpaired) electrons. The second-order valence-corrected chi connectivity index (χ2v) is 7.42. The maximum atomic E-state index is 12.6. The number of pyridine rings is 1. The molecule has 1 aromatic carbocycles. The summed E-state index contributed by atoms with van der Waals surface area (Å²) in [4.78, 5) is 7.70. The van der Waals surface area contributed by atoms with Crippen LogP contribution >= 0.6 is 0 Å². The summed E-state index contributed by atoms with van der Waals surface area (Å²) in [5, 5.41) is 5.27. The van der Waals surface area contributed by atoms with E-state index in [1.165, 1.54) is 12.1 Å². The third-order valence-electron chi connectivity index (χ3n) is 4.19. The topological polar surface area (TPSA) is 79.5 Å². The molecule has 1 aliphatic heterocycles. The van der Waals surface area contributed by atoms with E-state index in [9.17, 15) is 21.6 Å². The molecular weight excluding hydrogens is 369 g/mol. The van der Waals surface area contributed by atoms with E-state index >= 15 is 0 Å². The van der Waals surface area contributed by atoms with Crippen LogP contribution in [-0.2, 0) is 16.2 Å². The van der Waals surface area contributed by atoms with E-state index in [-0.39, 0.29) is 4.90 Å². The number of nitrogens with two attached hydrogens (primary N) is 1. The molecule has 6 nitrogen and oxygen atoms in total. The van der Waals surface area contributed by atoms with Crippen LogP contribution in [0.15, 0.2) is 47.5 Å². The van der Waals surface area contributed by atoms with Gasteiger partial charge in [0.05, 0.1) is 11.3 Å². The Morgan fingerprint density at radius 1 is 0.962 bits per heavy atom. The van der Waals surface area contributed by atoms with Gasteiger partial charge < -0.3 is 9.80 Å². The highest BCUT2D eigenvalue weighted by molar-refractivity contribution is 7.89. The van der Waals surface area contributed by atoms with Crippen molar-refractivity contribution in [2.24, 2.45) is 5.14 Å². The van der Waals surface area contributed by atoms with Crippen molar-refractivity contribution in [2.45, 2.75) is 11.1 Å². The zero-order valence-corrected chi connectivity index (χ0v) is 14.5. The molecule has 0 aliphatic carbocycles. The maximum absolute atomic E-state index is 12.6. The number of benzene rings is 1. The lowest BCUT2D eigenvalue weighted by atomic mass is 10.2. The number of hydrogen-bond donors (Lipinski definition) is 1. The van der Waals surface area contributed by atoms with Crippen molar-refractivity contribution in [3.63, 3.8) is 0 Å². The quantitative estimate of drug-likeness (QED) is 0.874. The van der Waals surface area contributed by atoms with Gasteiger partial charge in [0.25, 0.3) is 0 Å². The highest BCUT2D eigenvalue weighted by Crippen LogP contribution is 2.30. The van der Waals surface area contributed by atoms with Crippen LogP contribution in [-0.4, -0.2) is 39.6 Å². The fraction of sp³-hybridized carbons (Fsp3) is 0.312. The summed E-state index contributed by atoms with van der Waals surface area (Å²) in [7, 11) is -3.84. The minimum absolute atomic E-state index is 0.0566. The molecule has 3 rings (SSSR count). The highest BCUT2D eigenvalue weighted by atomic mass is 32.2. The van der Waals surface area contributed by atoms with Crippen LogP contribution in [0.3, 0.4) is 0 Å². The standard InChI is InChI=1S/C16H17F3N4O2S/c17-16(18,19)12-5-6-15(21-11-12)23-9-7-22(8-10-23)13-3-1-2-4-14(13)26(20,24)25/h1-6,11H,7-10H2,(H2,20,24,25). The summed E-state index contributed by atoms with van der Waals surface area (Å²) in [6.45, 7) is 1.99. The van der Waals surface area contributed by atoms with Gasteiger partial charge in [-0.3, -0.25) is 0 Å². The largest absolute Gasteiger partial charge is 0.417 e. The van der Waals surface area contributed by atoms with Gasteiger partial charge in [0.1, 0.15) is 10.7 Å². The fourth-order valence-electron chi connectivity index (χ4n) is 2.88. The number of hydrogen-bond acceptors (Lipinski definition) is 5. The summed E-state index contributed by atoms with van der Waals surface area (Å²) >= 11 is 0. The number of anilines is 2. The lowest BCUT2D eigenvalue weighted by molar-refractivity contribution is -0.137. The van der Waals surface area contributed by atoms with Crippen molar-refractivity contribution in [3.05, 3.63) is 48.2 Å². The minimum atomic E-state index is -4.42. The maximum Gasteiger partial charge on any atom is 0.417 e. The first kappa shape index (κ1) is 18.5. The van der Waals surface area contributed by atoms with Crippen molar-refractivity contribution in [2.75, 3.05) is 36.0 Å². The Labute approximate surface area is 149 Å². The molecule has 26 heavy (non-hydrogen) atoms. The lowest BCUT2D eigenvalue weighted by Crippen LogP contribution is -2.47. The van der Waals surface area contributed by atoms with Crippen LogP contribution in [0.1, 0.15) is 5.56 Å². The van der Waals surface area contributed by atoms with Crippen molar-refractivity contribution >= 4 is 21.5 Å². The van der Waals surface area contributed by atoms with E-state index in [1.54, 1.807) is 18.2 Å². The summed E-state index contributed by atoms with van der Waals surface area (Å²) < 4.78 is 61.3. The van der Waals surface area contributed by atoms with Gasteiger partial charge >= 0.3 is 6.18 Å².